The lowest BCUT2D eigenvalue weighted by molar-refractivity contribution is 0.0794. The predicted molar refractivity (Wildman–Crippen MR) is 77.8 cm³/mol. The first-order valence-corrected chi connectivity index (χ1v) is 7.95. The molecule has 106 valence electrons. The molecule has 2 rings (SSSR count). The molecule has 0 aromatic rings. The molecule has 18 heavy (non-hydrogen) atoms. The minimum absolute atomic E-state index is 0.741. The molecule has 2 aliphatic rings. The van der Waals surface area contributed by atoms with E-state index in [9.17, 15) is 0 Å². The zero-order valence-corrected chi connectivity index (χ0v) is 12.1. The number of hydrogen-bond acceptors (Lipinski definition) is 3. The van der Waals surface area contributed by atoms with Gasteiger partial charge in [0.25, 0.3) is 0 Å². The van der Waals surface area contributed by atoms with Gasteiger partial charge in [-0.1, -0.05) is 25.7 Å². The number of piperidine rings is 1. The van der Waals surface area contributed by atoms with Crippen LogP contribution < -0.4 is 5.73 Å². The molecule has 1 aliphatic carbocycles. The van der Waals surface area contributed by atoms with Crippen LogP contribution in [0.25, 0.3) is 0 Å². The smallest absolute Gasteiger partial charge is 0.0221 e. The molecular weight excluding hydrogens is 222 g/mol. The van der Waals surface area contributed by atoms with Crippen molar-refractivity contribution < 1.29 is 0 Å². The van der Waals surface area contributed by atoms with Crippen LogP contribution in [0.1, 0.15) is 51.4 Å². The number of nitrogens with two attached hydrogens (primary N) is 1. The van der Waals surface area contributed by atoms with Gasteiger partial charge in [0.15, 0.2) is 0 Å². The van der Waals surface area contributed by atoms with Gasteiger partial charge >= 0.3 is 0 Å². The molecule has 1 heterocycles. The summed E-state index contributed by atoms with van der Waals surface area (Å²) in [5.41, 5.74) is 5.68. The van der Waals surface area contributed by atoms with Crippen molar-refractivity contribution in [3.05, 3.63) is 0 Å². The molecule has 1 unspecified atom stereocenters. The predicted octanol–water partition coefficient (Wildman–Crippen LogP) is 2.06. The Balaban J connectivity index is 1.84. The van der Waals surface area contributed by atoms with E-state index in [2.05, 4.69) is 16.8 Å². The second-order valence-corrected chi connectivity index (χ2v) is 6.21. The molecule has 1 saturated heterocycles. The van der Waals surface area contributed by atoms with Gasteiger partial charge in [-0.05, 0) is 39.3 Å². The number of likely N-dealkylation sites (tertiary alicyclic amines) is 1. The summed E-state index contributed by atoms with van der Waals surface area (Å²) in [5.74, 6) is 0. The first kappa shape index (κ1) is 14.3. The van der Waals surface area contributed by atoms with Crippen molar-refractivity contribution in [2.75, 3.05) is 33.2 Å². The van der Waals surface area contributed by atoms with Gasteiger partial charge in [-0.25, -0.2) is 0 Å². The molecular formula is C15H31N3. The van der Waals surface area contributed by atoms with Crippen molar-refractivity contribution in [3.63, 3.8) is 0 Å². The monoisotopic (exact) mass is 253 g/mol. The van der Waals surface area contributed by atoms with E-state index >= 15 is 0 Å². The third kappa shape index (κ3) is 3.94. The highest BCUT2D eigenvalue weighted by atomic mass is 15.2. The molecule has 3 nitrogen and oxygen atoms in total. The first-order chi connectivity index (χ1) is 8.81. The van der Waals surface area contributed by atoms with Gasteiger partial charge in [-0.3, -0.25) is 4.90 Å². The molecule has 0 radical (unpaired) electrons. The number of hydrogen-bond donors (Lipinski definition) is 1. The Morgan fingerprint density at radius 1 is 1.06 bits per heavy atom. The number of nitrogens with zero attached hydrogens (tertiary/aromatic N) is 2. The molecule has 0 bridgehead atoms. The van der Waals surface area contributed by atoms with Crippen LogP contribution in [-0.4, -0.2) is 55.1 Å². The summed E-state index contributed by atoms with van der Waals surface area (Å²) in [5, 5.41) is 0. The SMILES string of the molecule is CN(CCN)C1CCCN(C2CCCCCC2)C1. The molecule has 3 heteroatoms. The molecule has 1 atom stereocenters. The average molecular weight is 253 g/mol. The van der Waals surface area contributed by atoms with E-state index in [0.717, 1.165) is 25.2 Å². The zero-order chi connectivity index (χ0) is 12.8. The first-order valence-electron chi connectivity index (χ1n) is 7.95. The molecule has 0 amide bonds. The summed E-state index contributed by atoms with van der Waals surface area (Å²) in [6.07, 6.45) is 11.4. The van der Waals surface area contributed by atoms with E-state index in [1.54, 1.807) is 0 Å². The fraction of sp³-hybridized carbons (Fsp3) is 1.00. The number of likely N-dealkylation sites (N-methyl/N-ethyl adjacent to an activating group) is 1. The Kier molecular flexibility index (Phi) is 5.93. The second kappa shape index (κ2) is 7.46. The minimum atomic E-state index is 0.741. The summed E-state index contributed by atoms with van der Waals surface area (Å²) < 4.78 is 0. The van der Waals surface area contributed by atoms with Crippen molar-refractivity contribution in [3.8, 4) is 0 Å². The van der Waals surface area contributed by atoms with Crippen LogP contribution >= 0.6 is 0 Å². The molecule has 0 spiro atoms. The quantitative estimate of drug-likeness (QED) is 0.779. The van der Waals surface area contributed by atoms with Crippen molar-refractivity contribution in [1.29, 1.82) is 0 Å². The highest BCUT2D eigenvalue weighted by molar-refractivity contribution is 4.84. The van der Waals surface area contributed by atoms with Crippen LogP contribution in [0.15, 0.2) is 0 Å². The largest absolute Gasteiger partial charge is 0.329 e. The van der Waals surface area contributed by atoms with Crippen molar-refractivity contribution in [2.45, 2.75) is 63.5 Å². The molecule has 0 aromatic heterocycles. The summed E-state index contributed by atoms with van der Waals surface area (Å²) in [7, 11) is 2.24. The van der Waals surface area contributed by atoms with Gasteiger partial charge in [0, 0.05) is 31.7 Å². The lowest BCUT2D eigenvalue weighted by atomic mass is 9.99. The Morgan fingerprint density at radius 2 is 1.78 bits per heavy atom. The molecule has 1 aliphatic heterocycles. The van der Waals surface area contributed by atoms with E-state index in [1.165, 1.54) is 64.5 Å². The maximum absolute atomic E-state index is 5.68. The van der Waals surface area contributed by atoms with Gasteiger partial charge in [0.1, 0.15) is 0 Å². The van der Waals surface area contributed by atoms with E-state index in [4.69, 9.17) is 5.73 Å². The van der Waals surface area contributed by atoms with E-state index in [0.29, 0.717) is 0 Å². The zero-order valence-electron chi connectivity index (χ0n) is 12.1. The van der Waals surface area contributed by atoms with Crippen molar-refractivity contribution in [2.24, 2.45) is 5.73 Å². The molecule has 2 N–H and O–H groups in total. The highest BCUT2D eigenvalue weighted by Gasteiger charge is 2.27. The van der Waals surface area contributed by atoms with E-state index in [1.807, 2.05) is 0 Å². The number of rotatable bonds is 4. The lowest BCUT2D eigenvalue weighted by Crippen LogP contribution is -2.50. The molecule has 1 saturated carbocycles. The van der Waals surface area contributed by atoms with Crippen molar-refractivity contribution >= 4 is 0 Å². The summed E-state index contributed by atoms with van der Waals surface area (Å²) >= 11 is 0. The van der Waals surface area contributed by atoms with Gasteiger partial charge in [-0.15, -0.1) is 0 Å². The third-order valence-electron chi connectivity index (χ3n) is 4.87. The Hall–Kier alpha value is -0.120. The van der Waals surface area contributed by atoms with Gasteiger partial charge < -0.3 is 10.6 Å². The normalized spacial score (nSPS) is 28.5. The van der Waals surface area contributed by atoms with Gasteiger partial charge in [0.05, 0.1) is 0 Å². The van der Waals surface area contributed by atoms with Crippen LogP contribution in [0.5, 0.6) is 0 Å². The van der Waals surface area contributed by atoms with Crippen LogP contribution in [0, 0.1) is 0 Å². The van der Waals surface area contributed by atoms with E-state index < -0.39 is 0 Å². The maximum atomic E-state index is 5.68. The molecule has 0 aromatic carbocycles. The standard InChI is InChI=1S/C15H31N3/c1-17(12-10-16)15-9-6-11-18(13-15)14-7-4-2-3-5-8-14/h14-15H,2-13,16H2,1H3. The van der Waals surface area contributed by atoms with Crippen LogP contribution in [0.2, 0.25) is 0 Å². The van der Waals surface area contributed by atoms with Gasteiger partial charge in [0.2, 0.25) is 0 Å². The summed E-state index contributed by atoms with van der Waals surface area (Å²) in [6.45, 7) is 4.44. The summed E-state index contributed by atoms with van der Waals surface area (Å²) in [4.78, 5) is 5.26. The minimum Gasteiger partial charge on any atom is -0.329 e. The fourth-order valence-corrected chi connectivity index (χ4v) is 3.68. The molecule has 2 fully saturated rings. The Morgan fingerprint density at radius 3 is 2.44 bits per heavy atom. The van der Waals surface area contributed by atoms with Gasteiger partial charge in [-0.2, -0.15) is 0 Å². The fourth-order valence-electron chi connectivity index (χ4n) is 3.68. The van der Waals surface area contributed by atoms with E-state index in [-0.39, 0.29) is 0 Å². The van der Waals surface area contributed by atoms with Crippen LogP contribution in [0.4, 0.5) is 0 Å². The summed E-state index contributed by atoms with van der Waals surface area (Å²) in [6, 6.07) is 1.62. The third-order valence-corrected chi connectivity index (χ3v) is 4.87. The second-order valence-electron chi connectivity index (χ2n) is 6.21. The highest BCUT2D eigenvalue weighted by Crippen LogP contribution is 2.25. The van der Waals surface area contributed by atoms with Crippen molar-refractivity contribution in [1.82, 2.24) is 9.80 Å². The van der Waals surface area contributed by atoms with Crippen LogP contribution in [-0.2, 0) is 0 Å². The lowest BCUT2D eigenvalue weighted by Gasteiger charge is -2.41. The Labute approximate surface area is 113 Å². The topological polar surface area (TPSA) is 32.5 Å². The van der Waals surface area contributed by atoms with Crippen LogP contribution in [0.3, 0.4) is 0 Å². The average Bonchev–Trinajstić information content (AvgIpc) is 2.68. The Bertz CT molecular complexity index is 224. The maximum Gasteiger partial charge on any atom is 0.0221 e.